The number of piperidine rings is 1. The number of halogens is 2. The Balaban J connectivity index is 1.52. The van der Waals surface area contributed by atoms with Gasteiger partial charge in [0.05, 0.1) is 23.1 Å². The lowest BCUT2D eigenvalue weighted by atomic mass is 10.0. The molecule has 222 valence electrons. The summed E-state index contributed by atoms with van der Waals surface area (Å²) in [6.45, 7) is 5.26. The number of sulfonamides is 1. The number of rotatable bonds is 10. The van der Waals surface area contributed by atoms with E-state index in [-0.39, 0.29) is 23.0 Å². The zero-order valence-electron chi connectivity index (χ0n) is 23.5. The first-order valence-electron chi connectivity index (χ1n) is 13.5. The molecule has 0 unspecified atom stereocenters. The van der Waals surface area contributed by atoms with E-state index < -0.39 is 27.7 Å². The Morgan fingerprint density at radius 1 is 1.17 bits per heavy atom. The Morgan fingerprint density at radius 2 is 1.98 bits per heavy atom. The molecule has 10 nitrogen and oxygen atoms in total. The second-order valence-corrected chi connectivity index (χ2v) is 12.6. The Hall–Kier alpha value is -3.58. The fourth-order valence-corrected chi connectivity index (χ4v) is 6.49. The van der Waals surface area contributed by atoms with E-state index >= 15 is 4.39 Å². The predicted molar refractivity (Wildman–Crippen MR) is 162 cm³/mol. The van der Waals surface area contributed by atoms with Crippen LogP contribution in [-0.2, 0) is 14.8 Å². The van der Waals surface area contributed by atoms with Gasteiger partial charge in [-0.15, -0.1) is 0 Å². The second-order valence-electron chi connectivity index (χ2n) is 10.2. The number of ether oxygens (including phenoxy) is 2. The Labute approximate surface area is 249 Å². The molecule has 1 aliphatic rings. The van der Waals surface area contributed by atoms with E-state index in [1.54, 1.807) is 43.6 Å². The van der Waals surface area contributed by atoms with Crippen LogP contribution in [0.25, 0.3) is 22.0 Å². The van der Waals surface area contributed by atoms with Gasteiger partial charge in [-0.3, -0.25) is 0 Å². The number of anilines is 2. The number of benzene rings is 2. The number of hydrogen-bond acceptors (Lipinski definition) is 9. The minimum absolute atomic E-state index is 0.231. The molecule has 42 heavy (non-hydrogen) atoms. The van der Waals surface area contributed by atoms with Crippen molar-refractivity contribution >= 4 is 44.2 Å². The smallest absolute Gasteiger partial charge is 0.251 e. The molecule has 1 saturated heterocycles. The van der Waals surface area contributed by atoms with Crippen LogP contribution in [0.1, 0.15) is 25.3 Å². The molecule has 1 aliphatic heterocycles. The summed E-state index contributed by atoms with van der Waals surface area (Å²) in [5.41, 5.74) is 1.66. The predicted octanol–water partition coefficient (Wildman–Crippen LogP) is 5.42. The van der Waals surface area contributed by atoms with E-state index in [0.29, 0.717) is 32.2 Å². The van der Waals surface area contributed by atoms with Gasteiger partial charge in [0.25, 0.3) is 10.0 Å². The molecule has 0 amide bonds. The van der Waals surface area contributed by atoms with Crippen LogP contribution < -0.4 is 19.2 Å². The van der Waals surface area contributed by atoms with Crippen molar-refractivity contribution in [2.45, 2.75) is 38.8 Å². The maximum atomic E-state index is 15.2. The summed E-state index contributed by atoms with van der Waals surface area (Å²) in [7, 11) is -2.73. The highest BCUT2D eigenvalue weighted by atomic mass is 35.5. The summed E-state index contributed by atoms with van der Waals surface area (Å²) in [5, 5.41) is 7.47. The number of nitrogens with one attached hydrogen (secondary N) is 2. The first kappa shape index (κ1) is 29.9. The third-order valence-corrected chi connectivity index (χ3v) is 9.43. The molecule has 5 rings (SSSR count). The lowest BCUT2D eigenvalue weighted by molar-refractivity contribution is 0.136. The largest absolute Gasteiger partial charge is 0.437 e. The molecule has 0 spiro atoms. The van der Waals surface area contributed by atoms with Gasteiger partial charge >= 0.3 is 0 Å². The van der Waals surface area contributed by atoms with E-state index in [9.17, 15) is 8.42 Å². The molecule has 0 radical (unpaired) electrons. The van der Waals surface area contributed by atoms with Crippen LogP contribution >= 0.6 is 11.8 Å². The molecule has 4 aromatic rings. The molecule has 3 heterocycles. The molecule has 13 heteroatoms. The number of methoxy groups -OCH3 is 1. The monoisotopic (exact) mass is 614 g/mol. The average Bonchev–Trinajstić information content (AvgIpc) is 2.99. The summed E-state index contributed by atoms with van der Waals surface area (Å²) in [6, 6.07) is 11.6. The fourth-order valence-electron chi connectivity index (χ4n) is 4.83. The SMILES string of the molecule is CO[C@@H](C)CS(=O)(=O)N(Cl)c1c(F)ccc2c(Oc3ncccc3-c3ccnc(N[C@H]4CCCNC4)n3)c(C)ccc12. The first-order chi connectivity index (χ1) is 20.2. The number of nitrogens with zero attached hydrogens (tertiary/aromatic N) is 4. The van der Waals surface area contributed by atoms with E-state index in [0.717, 1.165) is 37.6 Å². The topological polar surface area (TPSA) is 119 Å². The second kappa shape index (κ2) is 12.7. The lowest BCUT2D eigenvalue weighted by Gasteiger charge is -2.23. The van der Waals surface area contributed by atoms with Gasteiger partial charge < -0.3 is 20.1 Å². The molecule has 0 saturated carbocycles. The van der Waals surface area contributed by atoms with E-state index in [1.165, 1.54) is 13.2 Å². The van der Waals surface area contributed by atoms with Crippen LogP contribution in [0.4, 0.5) is 16.0 Å². The molecule has 0 bridgehead atoms. The first-order valence-corrected chi connectivity index (χ1v) is 15.5. The van der Waals surface area contributed by atoms with Crippen LogP contribution in [-0.4, -0.2) is 61.5 Å². The Bertz CT molecular complexity index is 1690. The molecule has 0 aliphatic carbocycles. The van der Waals surface area contributed by atoms with Crippen LogP contribution in [0, 0.1) is 12.7 Å². The van der Waals surface area contributed by atoms with Crippen LogP contribution in [0.3, 0.4) is 0 Å². The average molecular weight is 615 g/mol. The quantitative estimate of drug-likeness (QED) is 0.226. The van der Waals surface area contributed by atoms with E-state index in [1.807, 2.05) is 13.0 Å². The molecule has 2 aromatic carbocycles. The van der Waals surface area contributed by atoms with Crippen molar-refractivity contribution in [3.8, 4) is 22.9 Å². The van der Waals surface area contributed by atoms with Crippen molar-refractivity contribution in [1.82, 2.24) is 20.3 Å². The van der Waals surface area contributed by atoms with Gasteiger partial charge in [-0.2, -0.15) is 3.82 Å². The van der Waals surface area contributed by atoms with Gasteiger partial charge in [0, 0.05) is 54.6 Å². The summed E-state index contributed by atoms with van der Waals surface area (Å²) < 4.78 is 53.0. The minimum Gasteiger partial charge on any atom is -0.437 e. The molecule has 2 atom stereocenters. The third-order valence-electron chi connectivity index (χ3n) is 7.07. The number of pyridine rings is 1. The summed E-state index contributed by atoms with van der Waals surface area (Å²) in [4.78, 5) is 13.6. The summed E-state index contributed by atoms with van der Waals surface area (Å²) in [6.07, 6.45) is 4.73. The number of hydrogen-bond donors (Lipinski definition) is 2. The van der Waals surface area contributed by atoms with Crippen molar-refractivity contribution in [1.29, 1.82) is 0 Å². The minimum atomic E-state index is -4.12. The molecule has 2 N–H and O–H groups in total. The van der Waals surface area contributed by atoms with Crippen molar-refractivity contribution in [3.05, 3.63) is 66.2 Å². The van der Waals surface area contributed by atoms with Crippen molar-refractivity contribution in [3.63, 3.8) is 0 Å². The standard InChI is InChI=1S/C29H32ClFN6O4S/c1-18-8-9-21-22(10-11-24(31)26(21)37(30)42(38,39)17-19(2)40-3)27(18)41-28-23(7-5-14-33-28)25-12-15-34-29(36-25)35-20-6-4-13-32-16-20/h5,7-12,14-15,19-20,32H,4,6,13,16-17H2,1-3H3,(H,34,35,36)/t19-,20-/m0/s1. The maximum Gasteiger partial charge on any atom is 0.251 e. The highest BCUT2D eigenvalue weighted by Crippen LogP contribution is 2.41. The molecular weight excluding hydrogens is 583 g/mol. The fraction of sp³-hybridized carbons (Fsp3) is 0.345. The Kier molecular flexibility index (Phi) is 9.07. The van der Waals surface area contributed by atoms with Gasteiger partial charge in [0.2, 0.25) is 11.8 Å². The van der Waals surface area contributed by atoms with Crippen molar-refractivity contribution in [2.75, 3.05) is 35.1 Å². The number of aryl methyl sites for hydroxylation is 1. The van der Waals surface area contributed by atoms with Crippen LogP contribution in [0.2, 0.25) is 0 Å². The van der Waals surface area contributed by atoms with Gasteiger partial charge in [0.1, 0.15) is 17.3 Å². The van der Waals surface area contributed by atoms with Crippen LogP contribution in [0.5, 0.6) is 11.6 Å². The van der Waals surface area contributed by atoms with E-state index in [2.05, 4.69) is 20.6 Å². The van der Waals surface area contributed by atoms with Gasteiger partial charge in [0.15, 0.2) is 0 Å². The summed E-state index contributed by atoms with van der Waals surface area (Å²) in [5.74, 6) is -0.0748. The number of fused-ring (bicyclic) bond motifs is 1. The van der Waals surface area contributed by atoms with Gasteiger partial charge in [-0.05, 0) is 69.1 Å². The normalized spacial score (nSPS) is 16.3. The third kappa shape index (κ3) is 6.41. The number of aromatic nitrogens is 3. The lowest BCUT2D eigenvalue weighted by Crippen LogP contribution is -2.38. The van der Waals surface area contributed by atoms with Gasteiger partial charge in [-0.25, -0.2) is 27.8 Å². The molecular formula is C29H32ClFN6O4S. The summed E-state index contributed by atoms with van der Waals surface area (Å²) >= 11 is 6.30. The van der Waals surface area contributed by atoms with E-state index in [4.69, 9.17) is 26.2 Å². The Morgan fingerprint density at radius 3 is 2.74 bits per heavy atom. The van der Waals surface area contributed by atoms with Crippen molar-refractivity contribution < 1.29 is 22.3 Å². The van der Waals surface area contributed by atoms with Crippen molar-refractivity contribution in [2.24, 2.45) is 0 Å². The van der Waals surface area contributed by atoms with Gasteiger partial charge in [-0.1, -0.05) is 12.1 Å². The maximum absolute atomic E-state index is 15.2. The molecule has 1 fully saturated rings. The highest BCUT2D eigenvalue weighted by molar-refractivity contribution is 7.94. The molecule has 2 aromatic heterocycles. The zero-order valence-corrected chi connectivity index (χ0v) is 25.0. The van der Waals surface area contributed by atoms with Crippen LogP contribution in [0.15, 0.2) is 54.9 Å². The zero-order chi connectivity index (χ0) is 29.9. The highest BCUT2D eigenvalue weighted by Gasteiger charge is 2.29.